The minimum atomic E-state index is 0.282. The second-order valence-corrected chi connectivity index (χ2v) is 4.48. The van der Waals surface area contributed by atoms with Crippen LogP contribution < -0.4 is 20.9 Å². The van der Waals surface area contributed by atoms with Gasteiger partial charge in [-0.25, -0.2) is 5.84 Å². The first-order valence-electron chi connectivity index (χ1n) is 6.28. The van der Waals surface area contributed by atoms with Gasteiger partial charge in [0.05, 0.1) is 7.11 Å². The maximum atomic E-state index is 5.35. The van der Waals surface area contributed by atoms with Crippen LogP contribution >= 0.6 is 0 Å². The van der Waals surface area contributed by atoms with Crippen molar-refractivity contribution in [2.24, 2.45) is 11.8 Å². The van der Waals surface area contributed by atoms with E-state index < -0.39 is 0 Å². The lowest BCUT2D eigenvalue weighted by molar-refractivity contribution is 0.378. The van der Waals surface area contributed by atoms with E-state index in [2.05, 4.69) is 32.2 Å². The molecule has 1 aromatic heterocycles. The normalized spacial score (nSPS) is 14.4. The molecule has 1 fully saturated rings. The molecule has 0 aromatic carbocycles. The van der Waals surface area contributed by atoms with Crippen molar-refractivity contribution in [3.8, 4) is 6.01 Å². The molecule has 1 heterocycles. The van der Waals surface area contributed by atoms with E-state index in [-0.39, 0.29) is 6.01 Å². The lowest BCUT2D eigenvalue weighted by atomic mass is 10.3. The van der Waals surface area contributed by atoms with Crippen LogP contribution in [0, 0.1) is 5.92 Å². The van der Waals surface area contributed by atoms with Gasteiger partial charge in [0.15, 0.2) is 0 Å². The molecule has 1 aromatic rings. The second kappa shape index (κ2) is 5.81. The fraction of sp³-hybridized carbons (Fsp3) is 0.727. The first-order chi connectivity index (χ1) is 8.76. The smallest absolute Gasteiger partial charge is 0.322 e. The highest BCUT2D eigenvalue weighted by Crippen LogP contribution is 2.31. The number of ether oxygens (including phenoxy) is 1. The van der Waals surface area contributed by atoms with Crippen LogP contribution in [0.3, 0.4) is 0 Å². The highest BCUT2D eigenvalue weighted by atomic mass is 16.5. The second-order valence-electron chi connectivity index (χ2n) is 4.48. The van der Waals surface area contributed by atoms with E-state index in [0.717, 1.165) is 25.4 Å². The van der Waals surface area contributed by atoms with Crippen LogP contribution in [0.25, 0.3) is 0 Å². The van der Waals surface area contributed by atoms with Crippen molar-refractivity contribution < 1.29 is 4.74 Å². The molecular formula is C11H20N6O. The van der Waals surface area contributed by atoms with Gasteiger partial charge in [-0.15, -0.1) is 0 Å². The van der Waals surface area contributed by atoms with Crippen LogP contribution in [0.5, 0.6) is 6.01 Å². The van der Waals surface area contributed by atoms with Crippen molar-refractivity contribution in [3.63, 3.8) is 0 Å². The Balaban J connectivity index is 2.20. The summed E-state index contributed by atoms with van der Waals surface area (Å²) in [5.41, 5.74) is 2.44. The standard InChI is InChI=1S/C11H20N6O/c1-3-6-17(7-8-4-5-8)10-13-9(16-12)14-11(15-10)18-2/h8H,3-7,12H2,1-2H3,(H,13,14,15,16). The molecule has 0 bridgehead atoms. The number of nitrogens with zero attached hydrogens (tertiary/aromatic N) is 4. The van der Waals surface area contributed by atoms with Crippen LogP contribution in [0.4, 0.5) is 11.9 Å². The molecule has 18 heavy (non-hydrogen) atoms. The third kappa shape index (κ3) is 3.19. The number of methoxy groups -OCH3 is 1. The van der Waals surface area contributed by atoms with Crippen LogP contribution in [0.1, 0.15) is 26.2 Å². The van der Waals surface area contributed by atoms with E-state index in [4.69, 9.17) is 10.6 Å². The summed E-state index contributed by atoms with van der Waals surface area (Å²) in [6.07, 6.45) is 3.64. The number of aromatic nitrogens is 3. The summed E-state index contributed by atoms with van der Waals surface area (Å²) in [5.74, 6) is 7.08. The fourth-order valence-electron chi connectivity index (χ4n) is 1.80. The molecule has 0 atom stereocenters. The number of anilines is 2. The van der Waals surface area contributed by atoms with E-state index >= 15 is 0 Å². The number of hydrogen-bond donors (Lipinski definition) is 2. The molecule has 1 saturated carbocycles. The number of nitrogens with two attached hydrogens (primary N) is 1. The summed E-state index contributed by atoms with van der Waals surface area (Å²) < 4.78 is 5.06. The molecule has 0 radical (unpaired) electrons. The Kier molecular flexibility index (Phi) is 4.14. The molecule has 7 heteroatoms. The van der Waals surface area contributed by atoms with Crippen molar-refractivity contribution >= 4 is 11.9 Å². The van der Waals surface area contributed by atoms with E-state index in [0.29, 0.717) is 11.9 Å². The van der Waals surface area contributed by atoms with E-state index in [1.54, 1.807) is 0 Å². The van der Waals surface area contributed by atoms with Gasteiger partial charge in [-0.2, -0.15) is 15.0 Å². The summed E-state index contributed by atoms with van der Waals surface area (Å²) in [6, 6.07) is 0.282. The first-order valence-corrected chi connectivity index (χ1v) is 6.28. The molecular weight excluding hydrogens is 232 g/mol. The van der Waals surface area contributed by atoms with Gasteiger partial charge in [0.2, 0.25) is 11.9 Å². The molecule has 0 spiro atoms. The average Bonchev–Trinajstić information content (AvgIpc) is 3.21. The third-order valence-electron chi connectivity index (χ3n) is 2.87. The summed E-state index contributed by atoms with van der Waals surface area (Å²) in [4.78, 5) is 14.7. The Labute approximate surface area is 107 Å². The molecule has 0 unspecified atom stereocenters. The molecule has 1 aliphatic carbocycles. The van der Waals surface area contributed by atoms with Crippen molar-refractivity contribution in [2.45, 2.75) is 26.2 Å². The Hall–Kier alpha value is -1.63. The summed E-state index contributed by atoms with van der Waals surface area (Å²) >= 11 is 0. The van der Waals surface area contributed by atoms with Gasteiger partial charge in [0, 0.05) is 13.1 Å². The first kappa shape index (κ1) is 12.8. The molecule has 0 saturated heterocycles. The summed E-state index contributed by atoms with van der Waals surface area (Å²) in [6.45, 7) is 4.05. The van der Waals surface area contributed by atoms with Gasteiger partial charge < -0.3 is 9.64 Å². The van der Waals surface area contributed by atoms with Crippen molar-refractivity contribution in [2.75, 3.05) is 30.5 Å². The van der Waals surface area contributed by atoms with Gasteiger partial charge in [-0.05, 0) is 25.2 Å². The molecule has 7 nitrogen and oxygen atoms in total. The van der Waals surface area contributed by atoms with Crippen molar-refractivity contribution in [3.05, 3.63) is 0 Å². The Morgan fingerprint density at radius 1 is 1.39 bits per heavy atom. The zero-order valence-electron chi connectivity index (χ0n) is 10.9. The number of hydrazine groups is 1. The van der Waals surface area contributed by atoms with Crippen molar-refractivity contribution in [1.82, 2.24) is 15.0 Å². The highest BCUT2D eigenvalue weighted by Gasteiger charge is 2.25. The van der Waals surface area contributed by atoms with Crippen LogP contribution in [-0.2, 0) is 0 Å². The van der Waals surface area contributed by atoms with Gasteiger partial charge in [0.25, 0.3) is 0 Å². The molecule has 100 valence electrons. The summed E-state index contributed by atoms with van der Waals surface area (Å²) in [5, 5.41) is 0. The maximum Gasteiger partial charge on any atom is 0.322 e. The predicted octanol–water partition coefficient (Wildman–Crippen LogP) is 0.792. The van der Waals surface area contributed by atoms with Gasteiger partial charge in [0.1, 0.15) is 0 Å². The van der Waals surface area contributed by atoms with E-state index in [1.165, 1.54) is 20.0 Å². The minimum Gasteiger partial charge on any atom is -0.467 e. The number of hydrogen-bond acceptors (Lipinski definition) is 7. The van der Waals surface area contributed by atoms with Gasteiger partial charge >= 0.3 is 6.01 Å². The topological polar surface area (TPSA) is 89.2 Å². The third-order valence-corrected chi connectivity index (χ3v) is 2.87. The van der Waals surface area contributed by atoms with Crippen LogP contribution in [0.15, 0.2) is 0 Å². The zero-order chi connectivity index (χ0) is 13.0. The molecule has 0 aliphatic heterocycles. The van der Waals surface area contributed by atoms with Crippen LogP contribution in [-0.4, -0.2) is 35.2 Å². The molecule has 2 rings (SSSR count). The Bertz CT molecular complexity index is 373. The maximum absolute atomic E-state index is 5.35. The fourth-order valence-corrected chi connectivity index (χ4v) is 1.80. The Morgan fingerprint density at radius 3 is 2.72 bits per heavy atom. The number of rotatable bonds is 7. The zero-order valence-corrected chi connectivity index (χ0v) is 10.9. The van der Waals surface area contributed by atoms with Gasteiger partial charge in [-0.3, -0.25) is 5.43 Å². The van der Waals surface area contributed by atoms with Crippen molar-refractivity contribution in [1.29, 1.82) is 0 Å². The quantitative estimate of drug-likeness (QED) is 0.548. The van der Waals surface area contributed by atoms with Gasteiger partial charge in [-0.1, -0.05) is 6.92 Å². The SMILES string of the molecule is CCCN(CC1CC1)c1nc(NN)nc(OC)n1. The highest BCUT2D eigenvalue weighted by molar-refractivity contribution is 5.38. The molecule has 3 N–H and O–H groups in total. The number of nitrogens with one attached hydrogen (secondary N) is 1. The molecule has 0 amide bonds. The average molecular weight is 252 g/mol. The monoisotopic (exact) mass is 252 g/mol. The van der Waals surface area contributed by atoms with E-state index in [1.807, 2.05) is 0 Å². The van der Waals surface area contributed by atoms with Crippen LogP contribution in [0.2, 0.25) is 0 Å². The lowest BCUT2D eigenvalue weighted by Crippen LogP contribution is -2.29. The number of nitrogen functional groups attached to an aromatic ring is 1. The molecule has 1 aliphatic rings. The predicted molar refractivity (Wildman–Crippen MR) is 69.4 cm³/mol. The Morgan fingerprint density at radius 2 is 2.17 bits per heavy atom. The minimum absolute atomic E-state index is 0.282. The largest absolute Gasteiger partial charge is 0.467 e. The lowest BCUT2D eigenvalue weighted by Gasteiger charge is -2.22. The van der Waals surface area contributed by atoms with E-state index in [9.17, 15) is 0 Å². The summed E-state index contributed by atoms with van der Waals surface area (Å²) in [7, 11) is 1.53.